The molecule has 0 bridgehead atoms. The first kappa shape index (κ1) is 15.7. The molecule has 1 aliphatic heterocycles. The van der Waals surface area contributed by atoms with Gasteiger partial charge in [0.1, 0.15) is 0 Å². The average molecular weight is 318 g/mol. The zero-order valence-corrected chi connectivity index (χ0v) is 13.2. The zero-order valence-electron chi connectivity index (χ0n) is 13.2. The van der Waals surface area contributed by atoms with Gasteiger partial charge < -0.3 is 14.6 Å². The molecule has 1 fully saturated rings. The molecule has 0 saturated carbocycles. The van der Waals surface area contributed by atoms with Crippen molar-refractivity contribution in [2.75, 3.05) is 19.6 Å². The van der Waals surface area contributed by atoms with Crippen LogP contribution in [0.5, 0.6) is 0 Å². The molecule has 0 aliphatic carbocycles. The Morgan fingerprint density at radius 1 is 1.39 bits per heavy atom. The number of likely N-dealkylation sites (tertiary alicyclic amines) is 1. The van der Waals surface area contributed by atoms with Gasteiger partial charge in [-0.2, -0.15) is 0 Å². The fourth-order valence-corrected chi connectivity index (χ4v) is 3.34. The van der Waals surface area contributed by atoms with Gasteiger partial charge in [0, 0.05) is 51.2 Å². The predicted molar refractivity (Wildman–Crippen MR) is 82.8 cm³/mol. The number of hydrogen-bond acceptors (Lipinski definition) is 5. The lowest BCUT2D eigenvalue weighted by atomic mass is 9.91. The summed E-state index contributed by atoms with van der Waals surface area (Å²) in [5.74, 6) is -0.505. The Balaban J connectivity index is 1.59. The lowest BCUT2D eigenvalue weighted by Gasteiger charge is -2.15. The Morgan fingerprint density at radius 3 is 2.91 bits per heavy atom. The van der Waals surface area contributed by atoms with E-state index in [4.69, 9.17) is 5.11 Å². The first-order chi connectivity index (χ1) is 11.1. The Bertz CT molecular complexity index is 638. The Hall–Kier alpha value is -2.22. The average Bonchev–Trinajstić information content (AvgIpc) is 3.20. The Morgan fingerprint density at radius 2 is 2.26 bits per heavy atom. The molecule has 23 heavy (non-hydrogen) atoms. The van der Waals surface area contributed by atoms with Crippen LogP contribution in [0.3, 0.4) is 0 Å². The molecule has 124 valence electrons. The molecule has 2 aromatic rings. The summed E-state index contributed by atoms with van der Waals surface area (Å²) in [4.78, 5) is 17.5. The van der Waals surface area contributed by atoms with Crippen molar-refractivity contribution in [3.05, 3.63) is 30.6 Å². The maximum atomic E-state index is 11.1. The van der Waals surface area contributed by atoms with Crippen LogP contribution in [0.15, 0.2) is 24.9 Å². The third-order valence-corrected chi connectivity index (χ3v) is 4.40. The summed E-state index contributed by atoms with van der Waals surface area (Å²) in [6, 6.07) is 0. The monoisotopic (exact) mass is 318 g/mol. The molecule has 8 heteroatoms. The second-order valence-electron chi connectivity index (χ2n) is 6.20. The third-order valence-electron chi connectivity index (χ3n) is 4.40. The second kappa shape index (κ2) is 6.91. The van der Waals surface area contributed by atoms with Crippen molar-refractivity contribution < 1.29 is 9.90 Å². The van der Waals surface area contributed by atoms with Gasteiger partial charge in [-0.3, -0.25) is 9.48 Å². The number of nitrogens with zero attached hydrogens (tertiary/aromatic N) is 6. The SMILES string of the molecule is Cn1cc([C@@H]2CN(CCCn3ccnc3)C[C@@H]2CC(=O)O)nn1. The lowest BCUT2D eigenvalue weighted by molar-refractivity contribution is -0.138. The van der Waals surface area contributed by atoms with Gasteiger partial charge in [0.05, 0.1) is 18.4 Å². The van der Waals surface area contributed by atoms with E-state index in [0.717, 1.165) is 38.3 Å². The fourth-order valence-electron chi connectivity index (χ4n) is 3.34. The van der Waals surface area contributed by atoms with E-state index < -0.39 is 5.97 Å². The third kappa shape index (κ3) is 3.95. The first-order valence-electron chi connectivity index (χ1n) is 7.88. The van der Waals surface area contributed by atoms with Crippen molar-refractivity contribution in [3.8, 4) is 0 Å². The summed E-state index contributed by atoms with van der Waals surface area (Å²) in [5.41, 5.74) is 0.899. The number of carboxylic acids is 1. The molecule has 1 aliphatic rings. The van der Waals surface area contributed by atoms with Gasteiger partial charge in [-0.1, -0.05) is 5.21 Å². The smallest absolute Gasteiger partial charge is 0.303 e. The molecular weight excluding hydrogens is 296 g/mol. The molecule has 0 amide bonds. The van der Waals surface area contributed by atoms with E-state index in [2.05, 4.69) is 24.8 Å². The van der Waals surface area contributed by atoms with E-state index in [9.17, 15) is 4.79 Å². The number of aromatic nitrogens is 5. The summed E-state index contributed by atoms with van der Waals surface area (Å²) >= 11 is 0. The number of aryl methyl sites for hydroxylation is 2. The molecule has 0 aromatic carbocycles. The topological polar surface area (TPSA) is 89.1 Å². The number of carboxylic acid groups (broad SMARTS) is 1. The van der Waals surface area contributed by atoms with Gasteiger partial charge in [0.15, 0.2) is 0 Å². The van der Waals surface area contributed by atoms with Crippen LogP contribution in [-0.2, 0) is 18.4 Å². The molecule has 2 aromatic heterocycles. The van der Waals surface area contributed by atoms with Crippen LogP contribution < -0.4 is 0 Å². The lowest BCUT2D eigenvalue weighted by Crippen LogP contribution is -2.23. The summed E-state index contributed by atoms with van der Waals surface area (Å²) in [5, 5.41) is 17.3. The highest BCUT2D eigenvalue weighted by Gasteiger charge is 2.36. The normalized spacial score (nSPS) is 21.8. The van der Waals surface area contributed by atoms with Crippen molar-refractivity contribution >= 4 is 5.97 Å². The van der Waals surface area contributed by atoms with Crippen LogP contribution in [0.2, 0.25) is 0 Å². The quantitative estimate of drug-likeness (QED) is 0.804. The van der Waals surface area contributed by atoms with E-state index in [0.29, 0.717) is 0 Å². The van der Waals surface area contributed by atoms with Gasteiger partial charge in [-0.25, -0.2) is 4.98 Å². The molecule has 1 saturated heterocycles. The molecule has 3 rings (SSSR count). The van der Waals surface area contributed by atoms with Gasteiger partial charge in [-0.15, -0.1) is 5.10 Å². The predicted octanol–water partition coefficient (Wildman–Crippen LogP) is 0.592. The van der Waals surface area contributed by atoms with Gasteiger partial charge >= 0.3 is 5.97 Å². The number of rotatable bonds is 7. The summed E-state index contributed by atoms with van der Waals surface area (Å²) in [6.07, 6.45) is 8.65. The number of carbonyl (C=O) groups is 1. The molecular formula is C15H22N6O2. The zero-order chi connectivity index (χ0) is 16.2. The van der Waals surface area contributed by atoms with Crippen molar-refractivity contribution in [1.29, 1.82) is 0 Å². The van der Waals surface area contributed by atoms with E-state index in [1.807, 2.05) is 25.8 Å². The van der Waals surface area contributed by atoms with Crippen LogP contribution in [-0.4, -0.2) is 60.2 Å². The number of aliphatic carboxylic acids is 1. The molecule has 2 atom stereocenters. The minimum atomic E-state index is -0.746. The summed E-state index contributed by atoms with van der Waals surface area (Å²) in [6.45, 7) is 3.53. The van der Waals surface area contributed by atoms with Crippen LogP contribution in [0.4, 0.5) is 0 Å². The van der Waals surface area contributed by atoms with Crippen molar-refractivity contribution in [2.24, 2.45) is 13.0 Å². The van der Waals surface area contributed by atoms with E-state index >= 15 is 0 Å². The number of imidazole rings is 1. The van der Waals surface area contributed by atoms with E-state index in [1.54, 1.807) is 10.9 Å². The Kier molecular flexibility index (Phi) is 4.71. The van der Waals surface area contributed by atoms with Crippen LogP contribution >= 0.6 is 0 Å². The van der Waals surface area contributed by atoms with Gasteiger partial charge in [-0.05, 0) is 18.9 Å². The molecule has 8 nitrogen and oxygen atoms in total. The largest absolute Gasteiger partial charge is 0.481 e. The first-order valence-corrected chi connectivity index (χ1v) is 7.88. The highest BCUT2D eigenvalue weighted by molar-refractivity contribution is 5.67. The second-order valence-corrected chi connectivity index (χ2v) is 6.20. The van der Waals surface area contributed by atoms with Crippen LogP contribution in [0.1, 0.15) is 24.5 Å². The van der Waals surface area contributed by atoms with Crippen molar-refractivity contribution in [2.45, 2.75) is 25.3 Å². The molecule has 0 unspecified atom stereocenters. The fraction of sp³-hybridized carbons (Fsp3) is 0.600. The maximum absolute atomic E-state index is 11.1. The highest BCUT2D eigenvalue weighted by atomic mass is 16.4. The molecule has 0 radical (unpaired) electrons. The minimum absolute atomic E-state index is 0.0949. The van der Waals surface area contributed by atoms with Gasteiger partial charge in [0.2, 0.25) is 0 Å². The number of hydrogen-bond donors (Lipinski definition) is 1. The van der Waals surface area contributed by atoms with Crippen LogP contribution in [0.25, 0.3) is 0 Å². The molecule has 3 heterocycles. The van der Waals surface area contributed by atoms with E-state index in [-0.39, 0.29) is 18.3 Å². The maximum Gasteiger partial charge on any atom is 0.303 e. The van der Waals surface area contributed by atoms with Gasteiger partial charge in [0.25, 0.3) is 0 Å². The molecule has 0 spiro atoms. The summed E-state index contributed by atoms with van der Waals surface area (Å²) in [7, 11) is 1.83. The minimum Gasteiger partial charge on any atom is -0.481 e. The van der Waals surface area contributed by atoms with Crippen LogP contribution in [0, 0.1) is 5.92 Å². The Labute approximate surface area is 134 Å². The van der Waals surface area contributed by atoms with E-state index in [1.165, 1.54) is 0 Å². The summed E-state index contributed by atoms with van der Waals surface area (Å²) < 4.78 is 3.74. The standard InChI is InChI=1S/C15H22N6O2/c1-19-10-14(17-18-19)13-9-21(8-12(13)7-15(22)23)5-2-4-20-6-3-16-11-20/h3,6,10-13H,2,4-5,7-9H2,1H3,(H,22,23)/t12-,13+/m0/s1. The molecule has 1 N–H and O–H groups in total. The van der Waals surface area contributed by atoms with Crippen molar-refractivity contribution in [3.63, 3.8) is 0 Å². The van der Waals surface area contributed by atoms with Crippen molar-refractivity contribution in [1.82, 2.24) is 29.4 Å². The highest BCUT2D eigenvalue weighted by Crippen LogP contribution is 2.33.